The monoisotopic (exact) mass is 306 g/mol. The van der Waals surface area contributed by atoms with Gasteiger partial charge in [0, 0.05) is 19.2 Å². The first kappa shape index (κ1) is 15.0. The predicted molar refractivity (Wildman–Crippen MR) is 88.4 cm³/mol. The summed E-state index contributed by atoms with van der Waals surface area (Å²) in [7, 11) is 0. The number of aromatic nitrogens is 2. The maximum absolute atomic E-state index is 10.7. The van der Waals surface area contributed by atoms with Crippen LogP contribution in [0.3, 0.4) is 0 Å². The lowest BCUT2D eigenvalue weighted by Crippen LogP contribution is -2.00. The van der Waals surface area contributed by atoms with Gasteiger partial charge in [0.25, 0.3) is 0 Å². The van der Waals surface area contributed by atoms with Crippen LogP contribution in [-0.4, -0.2) is 20.6 Å². The van der Waals surface area contributed by atoms with E-state index >= 15 is 0 Å². The summed E-state index contributed by atoms with van der Waals surface area (Å²) in [5.74, 6) is -0.808. The molecule has 0 fully saturated rings. The van der Waals surface area contributed by atoms with Crippen LogP contribution in [0.5, 0.6) is 0 Å². The van der Waals surface area contributed by atoms with Crippen molar-refractivity contribution in [1.29, 1.82) is 0 Å². The average Bonchev–Trinajstić information content (AvgIpc) is 2.97. The third-order valence-corrected chi connectivity index (χ3v) is 3.66. The van der Waals surface area contributed by atoms with Crippen LogP contribution in [0.25, 0.3) is 0 Å². The number of rotatable bonds is 6. The second-order valence-corrected chi connectivity index (χ2v) is 5.59. The fourth-order valence-corrected chi connectivity index (χ4v) is 2.54. The lowest BCUT2D eigenvalue weighted by Gasteiger charge is -2.02. The topological polar surface area (TPSA) is 55.1 Å². The zero-order valence-electron chi connectivity index (χ0n) is 12.7. The SMILES string of the molecule is O=C(O)Cc1ccc(Cc2cn(Cc3ccccc3)cn2)cc1. The van der Waals surface area contributed by atoms with Crippen molar-refractivity contribution in [1.82, 2.24) is 9.55 Å². The number of benzene rings is 2. The number of nitrogens with zero attached hydrogens (tertiary/aromatic N) is 2. The highest BCUT2D eigenvalue weighted by molar-refractivity contribution is 5.70. The molecule has 3 rings (SSSR count). The summed E-state index contributed by atoms with van der Waals surface area (Å²) in [5.41, 5.74) is 4.20. The fourth-order valence-electron chi connectivity index (χ4n) is 2.54. The molecule has 0 atom stereocenters. The largest absolute Gasteiger partial charge is 0.481 e. The van der Waals surface area contributed by atoms with Gasteiger partial charge in [-0.1, -0.05) is 54.6 Å². The van der Waals surface area contributed by atoms with Crippen molar-refractivity contribution in [2.45, 2.75) is 19.4 Å². The summed E-state index contributed by atoms with van der Waals surface area (Å²) in [6, 6.07) is 17.9. The Morgan fingerprint density at radius 1 is 0.957 bits per heavy atom. The lowest BCUT2D eigenvalue weighted by atomic mass is 10.1. The molecule has 0 saturated heterocycles. The fraction of sp³-hybridized carbons (Fsp3) is 0.158. The van der Waals surface area contributed by atoms with Gasteiger partial charge in [0.15, 0.2) is 0 Å². The van der Waals surface area contributed by atoms with E-state index < -0.39 is 5.97 Å². The summed E-state index contributed by atoms with van der Waals surface area (Å²) in [5, 5.41) is 8.78. The summed E-state index contributed by atoms with van der Waals surface area (Å²) >= 11 is 0. The Labute approximate surface area is 135 Å². The molecule has 116 valence electrons. The van der Waals surface area contributed by atoms with Gasteiger partial charge in [-0.2, -0.15) is 0 Å². The van der Waals surface area contributed by atoms with E-state index in [-0.39, 0.29) is 6.42 Å². The van der Waals surface area contributed by atoms with E-state index in [9.17, 15) is 4.79 Å². The number of hydrogen-bond acceptors (Lipinski definition) is 2. The number of imidazole rings is 1. The van der Waals surface area contributed by atoms with E-state index in [1.165, 1.54) is 5.56 Å². The number of carboxylic acids is 1. The Balaban J connectivity index is 1.63. The Hall–Kier alpha value is -2.88. The van der Waals surface area contributed by atoms with Crippen molar-refractivity contribution in [2.75, 3.05) is 0 Å². The van der Waals surface area contributed by atoms with Crippen molar-refractivity contribution >= 4 is 5.97 Å². The zero-order valence-corrected chi connectivity index (χ0v) is 12.7. The minimum Gasteiger partial charge on any atom is -0.481 e. The smallest absolute Gasteiger partial charge is 0.307 e. The van der Waals surface area contributed by atoms with Crippen LogP contribution in [0.1, 0.15) is 22.4 Å². The Bertz CT molecular complexity index is 777. The normalized spacial score (nSPS) is 10.6. The van der Waals surface area contributed by atoms with Gasteiger partial charge < -0.3 is 9.67 Å². The molecule has 4 heteroatoms. The van der Waals surface area contributed by atoms with E-state index in [4.69, 9.17) is 5.11 Å². The average molecular weight is 306 g/mol. The van der Waals surface area contributed by atoms with E-state index in [0.29, 0.717) is 0 Å². The maximum atomic E-state index is 10.7. The van der Waals surface area contributed by atoms with Gasteiger partial charge in [0.1, 0.15) is 0 Å². The van der Waals surface area contributed by atoms with E-state index in [1.807, 2.05) is 48.8 Å². The van der Waals surface area contributed by atoms with E-state index in [2.05, 4.69) is 27.9 Å². The molecule has 0 spiro atoms. The molecule has 3 aromatic rings. The molecule has 0 unspecified atom stereocenters. The molecule has 23 heavy (non-hydrogen) atoms. The van der Waals surface area contributed by atoms with Crippen LogP contribution < -0.4 is 0 Å². The molecule has 0 aliphatic heterocycles. The lowest BCUT2D eigenvalue weighted by molar-refractivity contribution is -0.136. The van der Waals surface area contributed by atoms with Gasteiger partial charge in [0.05, 0.1) is 18.4 Å². The Morgan fingerprint density at radius 2 is 1.65 bits per heavy atom. The van der Waals surface area contributed by atoms with Crippen molar-refractivity contribution in [3.63, 3.8) is 0 Å². The first-order valence-corrected chi connectivity index (χ1v) is 7.53. The Morgan fingerprint density at radius 3 is 2.35 bits per heavy atom. The third kappa shape index (κ3) is 4.30. The molecule has 0 aliphatic rings. The van der Waals surface area contributed by atoms with Crippen molar-refractivity contribution < 1.29 is 9.90 Å². The number of carbonyl (C=O) groups is 1. The molecule has 1 aromatic heterocycles. The molecular formula is C19H18N2O2. The summed E-state index contributed by atoms with van der Waals surface area (Å²) in [6.45, 7) is 0.811. The first-order valence-electron chi connectivity index (χ1n) is 7.53. The van der Waals surface area contributed by atoms with Gasteiger partial charge in [-0.3, -0.25) is 4.79 Å². The highest BCUT2D eigenvalue weighted by Gasteiger charge is 2.04. The summed E-state index contributed by atoms with van der Waals surface area (Å²) in [6.07, 6.45) is 4.71. The molecule has 1 N–H and O–H groups in total. The van der Waals surface area contributed by atoms with Crippen molar-refractivity contribution in [3.8, 4) is 0 Å². The first-order chi connectivity index (χ1) is 11.2. The quantitative estimate of drug-likeness (QED) is 0.761. The molecular weight excluding hydrogens is 288 g/mol. The second-order valence-electron chi connectivity index (χ2n) is 5.59. The minimum absolute atomic E-state index is 0.0615. The van der Waals surface area contributed by atoms with Crippen LogP contribution in [-0.2, 0) is 24.2 Å². The molecule has 0 bridgehead atoms. The van der Waals surface area contributed by atoms with Crippen LogP contribution in [0.2, 0.25) is 0 Å². The Kier molecular flexibility index (Phi) is 4.52. The number of aliphatic carboxylic acids is 1. The van der Waals surface area contributed by atoms with E-state index in [0.717, 1.165) is 29.8 Å². The molecule has 0 amide bonds. The standard InChI is InChI=1S/C19H18N2O2/c22-19(23)11-16-8-6-15(7-9-16)10-18-13-21(14-20-18)12-17-4-2-1-3-5-17/h1-9,13-14H,10-12H2,(H,22,23). The number of carboxylic acid groups (broad SMARTS) is 1. The summed E-state index contributed by atoms with van der Waals surface area (Å²) in [4.78, 5) is 15.1. The minimum atomic E-state index is -0.808. The van der Waals surface area contributed by atoms with Gasteiger partial charge in [0.2, 0.25) is 0 Å². The van der Waals surface area contributed by atoms with Crippen molar-refractivity contribution in [2.24, 2.45) is 0 Å². The van der Waals surface area contributed by atoms with Gasteiger partial charge in [-0.25, -0.2) is 4.98 Å². The van der Waals surface area contributed by atoms with Crippen LogP contribution >= 0.6 is 0 Å². The molecule has 0 radical (unpaired) electrons. The molecule has 0 saturated carbocycles. The van der Waals surface area contributed by atoms with Crippen LogP contribution in [0.15, 0.2) is 67.1 Å². The zero-order chi connectivity index (χ0) is 16.1. The second kappa shape index (κ2) is 6.92. The highest BCUT2D eigenvalue weighted by atomic mass is 16.4. The molecule has 2 aromatic carbocycles. The maximum Gasteiger partial charge on any atom is 0.307 e. The molecule has 0 aliphatic carbocycles. The van der Waals surface area contributed by atoms with Gasteiger partial charge in [-0.05, 0) is 16.7 Å². The van der Waals surface area contributed by atoms with Gasteiger partial charge in [-0.15, -0.1) is 0 Å². The van der Waals surface area contributed by atoms with Crippen LogP contribution in [0.4, 0.5) is 0 Å². The number of hydrogen-bond donors (Lipinski definition) is 1. The summed E-state index contributed by atoms with van der Waals surface area (Å²) < 4.78 is 2.07. The van der Waals surface area contributed by atoms with E-state index in [1.54, 1.807) is 0 Å². The van der Waals surface area contributed by atoms with Crippen LogP contribution in [0, 0.1) is 0 Å². The van der Waals surface area contributed by atoms with Gasteiger partial charge >= 0.3 is 5.97 Å². The third-order valence-electron chi connectivity index (χ3n) is 3.66. The predicted octanol–water partition coefficient (Wildman–Crippen LogP) is 3.15. The molecule has 4 nitrogen and oxygen atoms in total. The van der Waals surface area contributed by atoms with Crippen molar-refractivity contribution in [3.05, 3.63) is 89.5 Å². The molecule has 1 heterocycles. The highest BCUT2D eigenvalue weighted by Crippen LogP contribution is 2.11.